The lowest BCUT2D eigenvalue weighted by Crippen LogP contribution is -1.90. The van der Waals surface area contributed by atoms with Gasteiger partial charge in [0.2, 0.25) is 0 Å². The lowest BCUT2D eigenvalue weighted by atomic mass is 10.1. The highest BCUT2D eigenvalue weighted by molar-refractivity contribution is 4.97. The SMILES string of the molecule is C=CCCCCCC=CCC1OC1CC=CCC. The monoisotopic (exact) mass is 248 g/mol. The Labute approximate surface area is 113 Å². The molecule has 1 saturated heterocycles. The minimum atomic E-state index is 0.489. The Hall–Kier alpha value is -0.820. The summed E-state index contributed by atoms with van der Waals surface area (Å²) in [5.41, 5.74) is 0. The first-order chi connectivity index (χ1) is 8.88. The summed E-state index contributed by atoms with van der Waals surface area (Å²) in [5, 5.41) is 0. The standard InChI is InChI=1S/C17H28O/c1-3-5-7-8-9-10-11-13-15-17-16(18-17)14-12-6-4-2/h3,6,11-13,16-17H,1,4-5,7-10,14-15H2,2H3. The molecule has 0 amide bonds. The molecule has 0 radical (unpaired) electrons. The highest BCUT2D eigenvalue weighted by atomic mass is 16.6. The van der Waals surface area contributed by atoms with Gasteiger partial charge in [-0.2, -0.15) is 0 Å². The van der Waals surface area contributed by atoms with E-state index in [-0.39, 0.29) is 0 Å². The van der Waals surface area contributed by atoms with Crippen molar-refractivity contribution in [1.29, 1.82) is 0 Å². The van der Waals surface area contributed by atoms with Crippen molar-refractivity contribution in [2.75, 3.05) is 0 Å². The predicted molar refractivity (Wildman–Crippen MR) is 79.7 cm³/mol. The molecule has 1 aliphatic rings. The van der Waals surface area contributed by atoms with Crippen LogP contribution in [0.1, 0.15) is 58.3 Å². The normalized spacial score (nSPS) is 22.9. The summed E-state index contributed by atoms with van der Waals surface area (Å²) in [6.45, 7) is 5.90. The van der Waals surface area contributed by atoms with Gasteiger partial charge < -0.3 is 4.74 Å². The van der Waals surface area contributed by atoms with Gasteiger partial charge in [0.15, 0.2) is 0 Å². The second kappa shape index (κ2) is 10.1. The van der Waals surface area contributed by atoms with Crippen molar-refractivity contribution in [3.05, 3.63) is 37.0 Å². The molecule has 1 nitrogen and oxygen atoms in total. The van der Waals surface area contributed by atoms with Crippen LogP contribution in [0.25, 0.3) is 0 Å². The fourth-order valence-corrected chi connectivity index (χ4v) is 2.07. The van der Waals surface area contributed by atoms with Crippen LogP contribution >= 0.6 is 0 Å². The van der Waals surface area contributed by atoms with Crippen LogP contribution in [0.2, 0.25) is 0 Å². The van der Waals surface area contributed by atoms with E-state index in [9.17, 15) is 0 Å². The van der Waals surface area contributed by atoms with Gasteiger partial charge in [-0.05, 0) is 44.9 Å². The van der Waals surface area contributed by atoms with Crippen LogP contribution in [-0.4, -0.2) is 12.2 Å². The molecule has 1 rings (SSSR count). The molecule has 0 aromatic carbocycles. The molecule has 0 aromatic rings. The Balaban J connectivity index is 1.89. The number of hydrogen-bond acceptors (Lipinski definition) is 1. The maximum Gasteiger partial charge on any atom is 0.0879 e. The Morgan fingerprint density at radius 1 is 0.889 bits per heavy atom. The minimum absolute atomic E-state index is 0.489. The zero-order chi connectivity index (χ0) is 13.1. The number of hydrogen-bond donors (Lipinski definition) is 0. The quantitative estimate of drug-likeness (QED) is 0.278. The minimum Gasteiger partial charge on any atom is -0.369 e. The number of ether oxygens (including phenoxy) is 1. The third kappa shape index (κ3) is 7.50. The summed E-state index contributed by atoms with van der Waals surface area (Å²) in [7, 11) is 0. The molecule has 0 aromatic heterocycles. The number of allylic oxidation sites excluding steroid dienone is 3. The van der Waals surface area contributed by atoms with Gasteiger partial charge in [-0.15, -0.1) is 6.58 Å². The molecule has 18 heavy (non-hydrogen) atoms. The van der Waals surface area contributed by atoms with E-state index in [1.807, 2.05) is 6.08 Å². The predicted octanol–water partition coefficient (Wildman–Crippen LogP) is 5.19. The molecule has 102 valence electrons. The molecule has 2 unspecified atom stereocenters. The summed E-state index contributed by atoms with van der Waals surface area (Å²) in [6.07, 6.45) is 21.7. The first kappa shape index (κ1) is 15.2. The number of rotatable bonds is 11. The van der Waals surface area contributed by atoms with Crippen LogP contribution < -0.4 is 0 Å². The molecule has 0 spiro atoms. The van der Waals surface area contributed by atoms with Crippen LogP contribution in [0, 0.1) is 0 Å². The van der Waals surface area contributed by atoms with Crippen LogP contribution in [0.5, 0.6) is 0 Å². The van der Waals surface area contributed by atoms with Gasteiger partial charge in [-0.3, -0.25) is 0 Å². The van der Waals surface area contributed by atoms with Gasteiger partial charge >= 0.3 is 0 Å². The lowest BCUT2D eigenvalue weighted by molar-refractivity contribution is 0.372. The van der Waals surface area contributed by atoms with Crippen LogP contribution in [0.4, 0.5) is 0 Å². The van der Waals surface area contributed by atoms with Gasteiger partial charge in [-0.25, -0.2) is 0 Å². The smallest absolute Gasteiger partial charge is 0.0879 e. The van der Waals surface area contributed by atoms with E-state index in [4.69, 9.17) is 4.74 Å². The number of epoxide rings is 1. The summed E-state index contributed by atoms with van der Waals surface area (Å²) in [6, 6.07) is 0. The molecule has 0 bridgehead atoms. The van der Waals surface area contributed by atoms with E-state index in [1.165, 1.54) is 25.7 Å². The first-order valence-electron chi connectivity index (χ1n) is 7.44. The summed E-state index contributed by atoms with van der Waals surface area (Å²) < 4.78 is 5.61. The molecule has 1 heterocycles. The molecule has 2 atom stereocenters. The van der Waals surface area contributed by atoms with E-state index < -0.39 is 0 Å². The summed E-state index contributed by atoms with van der Waals surface area (Å²) in [5.74, 6) is 0. The van der Waals surface area contributed by atoms with Crippen molar-refractivity contribution in [3.63, 3.8) is 0 Å². The summed E-state index contributed by atoms with van der Waals surface area (Å²) in [4.78, 5) is 0. The molecule has 0 aliphatic carbocycles. The van der Waals surface area contributed by atoms with Crippen LogP contribution in [-0.2, 0) is 4.74 Å². The zero-order valence-corrected chi connectivity index (χ0v) is 11.8. The average molecular weight is 248 g/mol. The Bertz CT molecular complexity index is 265. The Morgan fingerprint density at radius 3 is 2.22 bits per heavy atom. The lowest BCUT2D eigenvalue weighted by Gasteiger charge is -1.94. The molecular weight excluding hydrogens is 220 g/mol. The van der Waals surface area contributed by atoms with Gasteiger partial charge in [0.05, 0.1) is 12.2 Å². The van der Waals surface area contributed by atoms with E-state index in [1.54, 1.807) is 0 Å². The molecular formula is C17H28O. The third-order valence-corrected chi connectivity index (χ3v) is 3.27. The fourth-order valence-electron chi connectivity index (χ4n) is 2.07. The maximum atomic E-state index is 5.61. The molecule has 1 aliphatic heterocycles. The molecule has 1 fully saturated rings. The molecule has 1 heteroatoms. The van der Waals surface area contributed by atoms with Gasteiger partial charge in [0.25, 0.3) is 0 Å². The van der Waals surface area contributed by atoms with Crippen LogP contribution in [0.3, 0.4) is 0 Å². The molecule has 0 saturated carbocycles. The van der Waals surface area contributed by atoms with Gasteiger partial charge in [0.1, 0.15) is 0 Å². The zero-order valence-electron chi connectivity index (χ0n) is 11.8. The van der Waals surface area contributed by atoms with Crippen LogP contribution in [0.15, 0.2) is 37.0 Å². The van der Waals surface area contributed by atoms with E-state index >= 15 is 0 Å². The van der Waals surface area contributed by atoms with Gasteiger partial charge in [-0.1, -0.05) is 43.7 Å². The van der Waals surface area contributed by atoms with Crippen molar-refractivity contribution in [1.82, 2.24) is 0 Å². The topological polar surface area (TPSA) is 12.5 Å². The van der Waals surface area contributed by atoms with E-state index in [0.717, 1.165) is 25.7 Å². The highest BCUT2D eigenvalue weighted by Gasteiger charge is 2.35. The van der Waals surface area contributed by atoms with Crippen molar-refractivity contribution in [2.24, 2.45) is 0 Å². The second-order valence-corrected chi connectivity index (χ2v) is 4.96. The Kier molecular flexibility index (Phi) is 8.58. The largest absolute Gasteiger partial charge is 0.369 e. The fraction of sp³-hybridized carbons (Fsp3) is 0.647. The summed E-state index contributed by atoms with van der Waals surface area (Å²) >= 11 is 0. The Morgan fingerprint density at radius 2 is 1.56 bits per heavy atom. The molecule has 0 N–H and O–H groups in total. The van der Waals surface area contributed by atoms with Crippen molar-refractivity contribution in [2.45, 2.75) is 70.5 Å². The second-order valence-electron chi connectivity index (χ2n) is 4.96. The average Bonchev–Trinajstić information content (AvgIpc) is 3.12. The van der Waals surface area contributed by atoms with E-state index in [0.29, 0.717) is 12.2 Å². The number of unbranched alkanes of at least 4 members (excludes halogenated alkanes) is 4. The van der Waals surface area contributed by atoms with Crippen molar-refractivity contribution < 1.29 is 4.74 Å². The highest BCUT2D eigenvalue weighted by Crippen LogP contribution is 2.29. The van der Waals surface area contributed by atoms with Crippen molar-refractivity contribution >= 4 is 0 Å². The van der Waals surface area contributed by atoms with E-state index in [2.05, 4.69) is 37.8 Å². The van der Waals surface area contributed by atoms with Crippen molar-refractivity contribution in [3.8, 4) is 0 Å². The first-order valence-corrected chi connectivity index (χ1v) is 7.44. The third-order valence-electron chi connectivity index (χ3n) is 3.27. The maximum absolute atomic E-state index is 5.61. The van der Waals surface area contributed by atoms with Gasteiger partial charge in [0, 0.05) is 0 Å².